The topological polar surface area (TPSA) is 124 Å². The second-order valence-corrected chi connectivity index (χ2v) is 6.66. The number of carbonyl (C=O) groups is 2. The molecule has 2 heterocycles. The fourth-order valence-electron chi connectivity index (χ4n) is 2.91. The van der Waals surface area contributed by atoms with Crippen LogP contribution in [0.3, 0.4) is 0 Å². The lowest BCUT2D eigenvalue weighted by Gasteiger charge is -2.08. The molecule has 0 radical (unpaired) electrons. The van der Waals surface area contributed by atoms with E-state index in [1.54, 1.807) is 80.2 Å². The molecule has 2 amide bonds. The van der Waals surface area contributed by atoms with E-state index < -0.39 is 0 Å². The number of aromatic nitrogens is 5. The second-order valence-electron chi connectivity index (χ2n) is 6.66. The molecule has 0 bridgehead atoms. The minimum atomic E-state index is -0.307. The van der Waals surface area contributed by atoms with E-state index in [1.807, 2.05) is 0 Å². The van der Waals surface area contributed by atoms with Crippen LogP contribution in [0.2, 0.25) is 0 Å². The van der Waals surface area contributed by atoms with Crippen molar-refractivity contribution in [2.24, 2.45) is 0 Å². The fraction of sp³-hybridized carbons (Fsp3) is 0.0909. The molecule has 0 fully saturated rings. The van der Waals surface area contributed by atoms with Crippen LogP contribution in [0.1, 0.15) is 10.4 Å². The molecule has 160 valence electrons. The smallest absolute Gasteiger partial charge is 0.255 e. The molecule has 4 rings (SSSR count). The number of nitrogens with one attached hydrogen (secondary N) is 2. The largest absolute Gasteiger partial charge is 0.497 e. The molecule has 10 heteroatoms. The third-order valence-corrected chi connectivity index (χ3v) is 4.47. The summed E-state index contributed by atoms with van der Waals surface area (Å²) in [6.45, 7) is -0.120. The van der Waals surface area contributed by atoms with Gasteiger partial charge in [0.25, 0.3) is 5.91 Å². The minimum Gasteiger partial charge on any atom is -0.497 e. The van der Waals surface area contributed by atoms with E-state index in [0.717, 1.165) is 0 Å². The van der Waals surface area contributed by atoms with Crippen LogP contribution in [0, 0.1) is 0 Å². The van der Waals surface area contributed by atoms with Crippen molar-refractivity contribution in [1.82, 2.24) is 25.2 Å². The average molecular weight is 429 g/mol. The number of rotatable bonds is 7. The first-order chi connectivity index (χ1) is 15.6. The van der Waals surface area contributed by atoms with Gasteiger partial charge in [-0.25, -0.2) is 0 Å². The maximum absolute atomic E-state index is 12.5. The Morgan fingerprint density at radius 1 is 0.969 bits per heavy atom. The number of ether oxygens (including phenoxy) is 1. The van der Waals surface area contributed by atoms with Crippen molar-refractivity contribution in [2.45, 2.75) is 6.54 Å². The van der Waals surface area contributed by atoms with Gasteiger partial charge in [-0.15, -0.1) is 10.2 Å². The number of tetrazole rings is 1. The summed E-state index contributed by atoms with van der Waals surface area (Å²) in [6.07, 6.45) is 3.09. The summed E-state index contributed by atoms with van der Waals surface area (Å²) in [4.78, 5) is 29.9. The van der Waals surface area contributed by atoms with Crippen molar-refractivity contribution in [3.63, 3.8) is 0 Å². The molecule has 0 aliphatic heterocycles. The highest BCUT2D eigenvalue weighted by Crippen LogP contribution is 2.25. The van der Waals surface area contributed by atoms with Crippen molar-refractivity contribution in [2.75, 3.05) is 17.7 Å². The van der Waals surface area contributed by atoms with E-state index in [4.69, 9.17) is 4.74 Å². The Bertz CT molecular complexity index is 1220. The Hall–Kier alpha value is -4.60. The normalized spacial score (nSPS) is 10.4. The summed E-state index contributed by atoms with van der Waals surface area (Å²) in [5.74, 6) is 0.387. The minimum absolute atomic E-state index is 0.120. The predicted molar refractivity (Wildman–Crippen MR) is 117 cm³/mol. The number of carbonyl (C=O) groups excluding carboxylic acids is 2. The number of hydrogen-bond acceptors (Lipinski definition) is 7. The maximum Gasteiger partial charge on any atom is 0.255 e. The first-order valence-electron chi connectivity index (χ1n) is 9.65. The van der Waals surface area contributed by atoms with E-state index in [0.29, 0.717) is 28.3 Å². The molecule has 2 aromatic heterocycles. The van der Waals surface area contributed by atoms with Gasteiger partial charge >= 0.3 is 0 Å². The Morgan fingerprint density at radius 3 is 2.47 bits per heavy atom. The van der Waals surface area contributed by atoms with Gasteiger partial charge in [-0.05, 0) is 53.7 Å². The van der Waals surface area contributed by atoms with Gasteiger partial charge in [0, 0.05) is 29.2 Å². The van der Waals surface area contributed by atoms with Crippen LogP contribution in [-0.4, -0.2) is 44.1 Å². The lowest BCUT2D eigenvalue weighted by Crippen LogP contribution is -2.20. The van der Waals surface area contributed by atoms with Crippen LogP contribution < -0.4 is 15.4 Å². The van der Waals surface area contributed by atoms with Crippen LogP contribution in [0.4, 0.5) is 11.4 Å². The van der Waals surface area contributed by atoms with Crippen LogP contribution in [0.5, 0.6) is 5.75 Å². The Morgan fingerprint density at radius 2 is 1.72 bits per heavy atom. The summed E-state index contributed by atoms with van der Waals surface area (Å²) in [6, 6.07) is 17.3. The Kier molecular flexibility index (Phi) is 6.12. The van der Waals surface area contributed by atoms with E-state index in [1.165, 1.54) is 4.80 Å². The van der Waals surface area contributed by atoms with E-state index in [-0.39, 0.29) is 24.2 Å². The summed E-state index contributed by atoms with van der Waals surface area (Å²) < 4.78 is 5.10. The second kappa shape index (κ2) is 9.47. The molecule has 32 heavy (non-hydrogen) atoms. The number of hydrogen-bond donors (Lipinski definition) is 2. The molecule has 0 atom stereocenters. The molecular formula is C22H19N7O3. The molecule has 2 N–H and O–H groups in total. The van der Waals surface area contributed by atoms with Gasteiger partial charge in [-0.1, -0.05) is 12.1 Å². The zero-order chi connectivity index (χ0) is 22.3. The van der Waals surface area contributed by atoms with Gasteiger partial charge in [0.05, 0.1) is 12.8 Å². The highest BCUT2D eigenvalue weighted by Gasteiger charge is 2.15. The van der Waals surface area contributed by atoms with Gasteiger partial charge in [0.2, 0.25) is 11.7 Å². The van der Waals surface area contributed by atoms with Gasteiger partial charge in [0.1, 0.15) is 12.3 Å². The highest BCUT2D eigenvalue weighted by atomic mass is 16.5. The SMILES string of the molecule is COc1ccc(NC(=O)Cn2nnc(-c3ccccc3NC(=O)c3ccncc3)n2)cc1. The molecule has 0 aliphatic rings. The predicted octanol–water partition coefficient (Wildman–Crippen LogP) is 2.63. The van der Waals surface area contributed by atoms with Crippen LogP contribution in [0.15, 0.2) is 73.1 Å². The number of anilines is 2. The molecular weight excluding hydrogens is 410 g/mol. The van der Waals surface area contributed by atoms with E-state index >= 15 is 0 Å². The quantitative estimate of drug-likeness (QED) is 0.463. The monoisotopic (exact) mass is 429 g/mol. The lowest BCUT2D eigenvalue weighted by atomic mass is 10.1. The van der Waals surface area contributed by atoms with Crippen molar-refractivity contribution in [1.29, 1.82) is 0 Å². The summed E-state index contributed by atoms with van der Waals surface area (Å²) in [7, 11) is 1.57. The standard InChI is InChI=1S/C22H19N7O3/c1-32-17-8-6-16(7-9-17)24-20(30)14-29-27-21(26-28-29)18-4-2-3-5-19(18)25-22(31)15-10-12-23-13-11-15/h2-13H,14H2,1H3,(H,24,30)(H,25,31). The van der Waals surface area contributed by atoms with Gasteiger partial charge in [-0.2, -0.15) is 4.80 Å². The number of methoxy groups -OCH3 is 1. The van der Waals surface area contributed by atoms with Crippen molar-refractivity contribution in [3.05, 3.63) is 78.6 Å². The molecule has 4 aromatic rings. The van der Waals surface area contributed by atoms with Gasteiger partial charge in [-0.3, -0.25) is 14.6 Å². The number of para-hydroxylation sites is 1. The fourth-order valence-corrected chi connectivity index (χ4v) is 2.91. The molecule has 0 saturated heterocycles. The first kappa shape index (κ1) is 20.7. The van der Waals surface area contributed by atoms with Crippen molar-refractivity contribution >= 4 is 23.2 Å². The number of amides is 2. The van der Waals surface area contributed by atoms with Crippen LogP contribution >= 0.6 is 0 Å². The lowest BCUT2D eigenvalue weighted by molar-refractivity contribution is -0.117. The number of pyridine rings is 1. The zero-order valence-corrected chi connectivity index (χ0v) is 17.1. The van der Waals surface area contributed by atoms with Crippen molar-refractivity contribution < 1.29 is 14.3 Å². The molecule has 0 aliphatic carbocycles. The Balaban J connectivity index is 1.45. The third-order valence-electron chi connectivity index (χ3n) is 4.47. The van der Waals surface area contributed by atoms with E-state index in [2.05, 4.69) is 31.0 Å². The van der Waals surface area contributed by atoms with Gasteiger partial charge < -0.3 is 15.4 Å². The average Bonchev–Trinajstić information content (AvgIpc) is 3.28. The maximum atomic E-state index is 12.5. The van der Waals surface area contributed by atoms with Crippen molar-refractivity contribution in [3.8, 4) is 17.1 Å². The molecule has 0 saturated carbocycles. The molecule has 10 nitrogen and oxygen atoms in total. The number of benzene rings is 2. The third kappa shape index (κ3) is 4.93. The molecule has 0 spiro atoms. The number of nitrogens with zero attached hydrogens (tertiary/aromatic N) is 5. The first-order valence-corrected chi connectivity index (χ1v) is 9.65. The molecule has 0 unspecified atom stereocenters. The van der Waals surface area contributed by atoms with E-state index in [9.17, 15) is 9.59 Å². The summed E-state index contributed by atoms with van der Waals surface area (Å²) in [5, 5.41) is 17.9. The van der Waals surface area contributed by atoms with Crippen LogP contribution in [-0.2, 0) is 11.3 Å². The summed E-state index contributed by atoms with van der Waals surface area (Å²) >= 11 is 0. The highest BCUT2D eigenvalue weighted by molar-refractivity contribution is 6.05. The zero-order valence-electron chi connectivity index (χ0n) is 17.1. The van der Waals surface area contributed by atoms with Gasteiger partial charge in [0.15, 0.2) is 0 Å². The van der Waals surface area contributed by atoms with Crippen LogP contribution in [0.25, 0.3) is 11.4 Å². The summed E-state index contributed by atoms with van der Waals surface area (Å²) in [5.41, 5.74) is 2.20. The molecule has 2 aromatic carbocycles. The Labute approximate surface area is 183 Å².